The Bertz CT molecular complexity index is 1230. The number of Topliss-reactive ketones (excluding diaryl/α,β-unsaturated/α-hetero) is 1. The molecule has 2 aliphatic heterocycles. The number of aliphatic hydroxyl groups is 1. The number of amides is 3. The zero-order valence-corrected chi connectivity index (χ0v) is 24.4. The minimum absolute atomic E-state index is 0.0990. The zero-order chi connectivity index (χ0) is 30.3. The number of rotatable bonds is 13. The van der Waals surface area contributed by atoms with Crippen molar-refractivity contribution in [2.24, 2.45) is 0 Å². The maximum Gasteiger partial charge on any atom is 0.272 e. The fourth-order valence-electron chi connectivity index (χ4n) is 4.91. The Labute approximate surface area is 245 Å². The summed E-state index contributed by atoms with van der Waals surface area (Å²) >= 11 is 0. The van der Waals surface area contributed by atoms with Gasteiger partial charge in [0.2, 0.25) is 11.8 Å². The highest BCUT2D eigenvalue weighted by atomic mass is 16.6. The molecule has 1 aliphatic carbocycles. The number of ether oxygens (including phenoxy) is 3. The second kappa shape index (κ2) is 14.0. The molecule has 0 spiro atoms. The monoisotopic (exact) mass is 584 g/mol. The van der Waals surface area contributed by atoms with Gasteiger partial charge < -0.3 is 35.3 Å². The van der Waals surface area contributed by atoms with E-state index in [-0.39, 0.29) is 30.4 Å². The van der Waals surface area contributed by atoms with E-state index in [0.29, 0.717) is 38.5 Å². The summed E-state index contributed by atoms with van der Waals surface area (Å²) < 4.78 is 15.8. The number of ketones is 1. The van der Waals surface area contributed by atoms with Gasteiger partial charge in [0.15, 0.2) is 11.5 Å². The third kappa shape index (κ3) is 8.17. The van der Waals surface area contributed by atoms with Crippen LogP contribution in [0, 0.1) is 0 Å². The number of epoxide rings is 1. The van der Waals surface area contributed by atoms with Crippen molar-refractivity contribution in [1.82, 2.24) is 20.9 Å². The van der Waals surface area contributed by atoms with Gasteiger partial charge >= 0.3 is 0 Å². The third-order valence-corrected chi connectivity index (χ3v) is 7.64. The summed E-state index contributed by atoms with van der Waals surface area (Å²) in [5.41, 5.74) is -0.131. The van der Waals surface area contributed by atoms with E-state index >= 15 is 0 Å². The van der Waals surface area contributed by atoms with Crippen molar-refractivity contribution in [2.75, 3.05) is 46.6 Å². The predicted octanol–water partition coefficient (Wildman–Crippen LogP) is 1.22. The summed E-state index contributed by atoms with van der Waals surface area (Å²) in [5.74, 6) is -2.16. The number of benzene rings is 1. The second-order valence-corrected chi connectivity index (χ2v) is 11.0. The Morgan fingerprint density at radius 2 is 1.81 bits per heavy atom. The Morgan fingerprint density at radius 3 is 2.40 bits per heavy atom. The maximum absolute atomic E-state index is 13.7. The average molecular weight is 585 g/mol. The molecular weight excluding hydrogens is 544 g/mol. The van der Waals surface area contributed by atoms with Crippen molar-refractivity contribution >= 4 is 29.3 Å². The first-order chi connectivity index (χ1) is 20.1. The van der Waals surface area contributed by atoms with Crippen LogP contribution in [0.3, 0.4) is 0 Å². The SMILES string of the molecule is COc1ccc(C(O)=C(NC(=O)[C@H](C)NC(=O)CN2CCOCC2)C(=O)N[C@@H](CC2=CCCC2)C(=O)[C@@]2(C)CO2)cc1. The molecule has 0 bridgehead atoms. The molecule has 0 saturated carbocycles. The minimum Gasteiger partial charge on any atom is -0.505 e. The number of hydrogen-bond donors (Lipinski definition) is 4. The van der Waals surface area contributed by atoms with Gasteiger partial charge in [0.25, 0.3) is 5.91 Å². The van der Waals surface area contributed by atoms with Crippen LogP contribution in [0.4, 0.5) is 0 Å². The normalized spacial score (nSPS) is 22.2. The van der Waals surface area contributed by atoms with Crippen molar-refractivity contribution in [3.05, 3.63) is 47.2 Å². The Kier molecular flexibility index (Phi) is 10.4. The van der Waals surface area contributed by atoms with Crippen LogP contribution in [0.1, 0.15) is 45.1 Å². The molecule has 3 atom stereocenters. The first-order valence-corrected chi connectivity index (χ1v) is 14.2. The van der Waals surface area contributed by atoms with E-state index < -0.39 is 41.0 Å². The lowest BCUT2D eigenvalue weighted by Gasteiger charge is -2.26. The largest absolute Gasteiger partial charge is 0.505 e. The van der Waals surface area contributed by atoms with Gasteiger partial charge in [-0.1, -0.05) is 11.6 Å². The van der Waals surface area contributed by atoms with Crippen molar-refractivity contribution in [3.8, 4) is 5.75 Å². The summed E-state index contributed by atoms with van der Waals surface area (Å²) in [7, 11) is 1.50. The van der Waals surface area contributed by atoms with Crippen LogP contribution >= 0.6 is 0 Å². The molecular formula is C30H40N4O8. The molecule has 3 aliphatic rings. The Hall–Kier alpha value is -3.74. The molecule has 1 aromatic carbocycles. The quantitative estimate of drug-likeness (QED) is 0.116. The molecule has 4 N–H and O–H groups in total. The molecule has 0 radical (unpaired) electrons. The molecule has 2 fully saturated rings. The van der Waals surface area contributed by atoms with Crippen molar-refractivity contribution in [1.29, 1.82) is 0 Å². The fraction of sp³-hybridized carbons (Fsp3) is 0.533. The highest BCUT2D eigenvalue weighted by molar-refractivity contribution is 6.06. The lowest BCUT2D eigenvalue weighted by atomic mass is 9.94. The van der Waals surface area contributed by atoms with Gasteiger partial charge in [0, 0.05) is 18.7 Å². The first kappa shape index (κ1) is 31.2. The summed E-state index contributed by atoms with van der Waals surface area (Å²) in [6.07, 6.45) is 5.09. The molecule has 1 aromatic rings. The molecule has 4 rings (SSSR count). The highest BCUT2D eigenvalue weighted by Crippen LogP contribution is 2.31. The number of carbonyl (C=O) groups is 4. The first-order valence-electron chi connectivity index (χ1n) is 14.2. The number of allylic oxidation sites excluding steroid dienone is 1. The number of morpholine rings is 1. The molecule has 3 amide bonds. The number of hydrogen-bond acceptors (Lipinski definition) is 9. The summed E-state index contributed by atoms with van der Waals surface area (Å²) in [6, 6.07) is 4.32. The summed E-state index contributed by atoms with van der Waals surface area (Å²) in [6.45, 7) is 5.79. The molecule has 2 saturated heterocycles. The average Bonchev–Trinajstić information content (AvgIpc) is 3.53. The van der Waals surface area contributed by atoms with Gasteiger partial charge in [-0.15, -0.1) is 0 Å². The van der Waals surface area contributed by atoms with E-state index in [1.807, 2.05) is 4.90 Å². The van der Waals surface area contributed by atoms with Crippen molar-refractivity contribution in [3.63, 3.8) is 0 Å². The van der Waals surface area contributed by atoms with Crippen LogP contribution in [0.5, 0.6) is 5.75 Å². The van der Waals surface area contributed by atoms with Gasteiger partial charge in [-0.2, -0.15) is 0 Å². The minimum atomic E-state index is -1.02. The van der Waals surface area contributed by atoms with Gasteiger partial charge in [-0.05, 0) is 63.8 Å². The van der Waals surface area contributed by atoms with Crippen LogP contribution in [0.15, 0.2) is 41.6 Å². The van der Waals surface area contributed by atoms with Crippen LogP contribution in [0.25, 0.3) is 5.76 Å². The van der Waals surface area contributed by atoms with E-state index in [1.165, 1.54) is 26.2 Å². The number of carbonyl (C=O) groups excluding carboxylic acids is 4. The standard InChI is InChI=1S/C30H40N4O8/c1-19(31-24(35)17-34-12-14-41-15-13-34)28(38)33-25(26(36)21-8-10-22(40-3)11-9-21)29(39)32-23(16-20-6-4-5-7-20)27(37)30(2)18-42-30/h6,8-11,19,23,36H,4-5,7,12-18H2,1-3H3,(H,31,35)(H,32,39)(H,33,38)/t19-,23-,30+/m0/s1. The summed E-state index contributed by atoms with van der Waals surface area (Å²) in [4.78, 5) is 54.6. The van der Waals surface area contributed by atoms with E-state index in [0.717, 1.165) is 24.8 Å². The van der Waals surface area contributed by atoms with Crippen LogP contribution in [-0.4, -0.2) is 97.8 Å². The maximum atomic E-state index is 13.7. The molecule has 2 heterocycles. The molecule has 42 heavy (non-hydrogen) atoms. The second-order valence-electron chi connectivity index (χ2n) is 11.0. The van der Waals surface area contributed by atoms with E-state index in [2.05, 4.69) is 22.0 Å². The van der Waals surface area contributed by atoms with E-state index in [1.54, 1.807) is 19.1 Å². The number of nitrogens with one attached hydrogen (secondary N) is 3. The topological polar surface area (TPSA) is 159 Å². The number of methoxy groups -OCH3 is 1. The molecule has 12 nitrogen and oxygen atoms in total. The van der Waals surface area contributed by atoms with Gasteiger partial charge in [0.05, 0.1) is 39.5 Å². The number of nitrogens with zero attached hydrogens (tertiary/aromatic N) is 1. The third-order valence-electron chi connectivity index (χ3n) is 7.64. The van der Waals surface area contributed by atoms with Gasteiger partial charge in [-0.25, -0.2) is 0 Å². The van der Waals surface area contributed by atoms with Gasteiger partial charge in [0.1, 0.15) is 23.1 Å². The smallest absolute Gasteiger partial charge is 0.272 e. The van der Waals surface area contributed by atoms with Crippen LogP contribution in [0.2, 0.25) is 0 Å². The van der Waals surface area contributed by atoms with Crippen molar-refractivity contribution in [2.45, 2.75) is 57.2 Å². The Morgan fingerprint density at radius 1 is 1.12 bits per heavy atom. The molecule has 228 valence electrons. The lowest BCUT2D eigenvalue weighted by molar-refractivity contribution is -0.131. The summed E-state index contributed by atoms with van der Waals surface area (Å²) in [5, 5.41) is 19.0. The van der Waals surface area contributed by atoms with E-state index in [9.17, 15) is 24.3 Å². The molecule has 12 heteroatoms. The van der Waals surface area contributed by atoms with Crippen molar-refractivity contribution < 1.29 is 38.5 Å². The molecule has 0 aromatic heterocycles. The lowest BCUT2D eigenvalue weighted by Crippen LogP contribution is -2.52. The fourth-order valence-corrected chi connectivity index (χ4v) is 4.91. The van der Waals surface area contributed by atoms with Crippen LogP contribution < -0.4 is 20.7 Å². The van der Waals surface area contributed by atoms with Crippen LogP contribution in [-0.2, 0) is 28.7 Å². The number of aliphatic hydroxyl groups excluding tert-OH is 1. The Balaban J connectivity index is 1.53. The predicted molar refractivity (Wildman–Crippen MR) is 153 cm³/mol. The molecule has 0 unspecified atom stereocenters. The highest BCUT2D eigenvalue weighted by Gasteiger charge is 2.50. The van der Waals surface area contributed by atoms with Gasteiger partial charge in [-0.3, -0.25) is 24.1 Å². The zero-order valence-electron chi connectivity index (χ0n) is 24.4. The van der Waals surface area contributed by atoms with E-state index in [4.69, 9.17) is 14.2 Å².